The molecule has 34 heavy (non-hydrogen) atoms. The molecule has 0 saturated heterocycles. The molecule has 0 atom stereocenters. The molecule has 0 aliphatic heterocycles. The number of rotatable bonds is 7. The van der Waals surface area contributed by atoms with Gasteiger partial charge in [0.05, 0.1) is 37.5 Å². The molecule has 4 rings (SSSR count). The minimum Gasteiger partial charge on any atom is -0.497 e. The van der Waals surface area contributed by atoms with Crippen LogP contribution in [-0.2, 0) is 22.6 Å². The topological polar surface area (TPSA) is 109 Å². The predicted octanol–water partition coefficient (Wildman–Crippen LogP) is 2.71. The molecule has 0 saturated carbocycles. The molecular weight excluding hydrogens is 458 g/mol. The third kappa shape index (κ3) is 4.48. The number of carbonyl (C=O) groups is 2. The molecule has 9 nitrogen and oxygen atoms in total. The number of esters is 1. The van der Waals surface area contributed by atoms with Gasteiger partial charge in [-0.05, 0) is 41.3 Å². The number of thiophene rings is 1. The molecule has 2 aromatic carbocycles. The van der Waals surface area contributed by atoms with Crippen LogP contribution in [0.1, 0.15) is 15.9 Å². The quantitative estimate of drug-likeness (QED) is 0.408. The van der Waals surface area contributed by atoms with Gasteiger partial charge in [0.2, 0.25) is 5.91 Å². The molecule has 0 aliphatic carbocycles. The van der Waals surface area contributed by atoms with Crippen LogP contribution in [0.2, 0.25) is 0 Å². The summed E-state index contributed by atoms with van der Waals surface area (Å²) in [5, 5.41) is 4.35. The van der Waals surface area contributed by atoms with Crippen molar-refractivity contribution in [1.29, 1.82) is 0 Å². The summed E-state index contributed by atoms with van der Waals surface area (Å²) >= 11 is 1.20. The fourth-order valence-electron chi connectivity index (χ4n) is 3.59. The zero-order chi connectivity index (χ0) is 24.2. The van der Waals surface area contributed by atoms with Crippen molar-refractivity contribution < 1.29 is 19.1 Å². The van der Waals surface area contributed by atoms with Gasteiger partial charge in [-0.25, -0.2) is 9.59 Å². The first-order chi connectivity index (χ1) is 16.4. The molecule has 0 aliphatic rings. The number of hydrogen-bond acceptors (Lipinski definition) is 7. The summed E-state index contributed by atoms with van der Waals surface area (Å²) in [6.07, 6.45) is 0. The molecule has 2 aromatic heterocycles. The first kappa shape index (κ1) is 23.0. The number of fused-ring (bicyclic) bond motifs is 1. The number of carbonyl (C=O) groups excluding carboxylic acids is 2. The number of methoxy groups -OCH3 is 2. The van der Waals surface area contributed by atoms with Gasteiger partial charge in [-0.15, -0.1) is 11.3 Å². The van der Waals surface area contributed by atoms with E-state index in [0.29, 0.717) is 21.5 Å². The van der Waals surface area contributed by atoms with Crippen molar-refractivity contribution >= 4 is 39.1 Å². The molecule has 0 spiro atoms. The largest absolute Gasteiger partial charge is 0.497 e. The number of nitrogens with one attached hydrogen (secondary N) is 1. The minimum atomic E-state index is -0.616. The van der Waals surface area contributed by atoms with Crippen LogP contribution >= 0.6 is 11.3 Å². The Hall–Kier alpha value is -4.18. The summed E-state index contributed by atoms with van der Waals surface area (Å²) in [5.74, 6) is -0.524. The van der Waals surface area contributed by atoms with E-state index in [0.717, 1.165) is 4.57 Å². The van der Waals surface area contributed by atoms with Gasteiger partial charge in [0, 0.05) is 0 Å². The average molecular weight is 480 g/mol. The third-order valence-corrected chi connectivity index (χ3v) is 6.11. The number of nitrogens with zero attached hydrogens (tertiary/aromatic N) is 2. The van der Waals surface area contributed by atoms with Crippen LogP contribution in [-0.4, -0.2) is 35.2 Å². The fourth-order valence-corrected chi connectivity index (χ4v) is 4.44. The van der Waals surface area contributed by atoms with E-state index in [9.17, 15) is 19.2 Å². The highest BCUT2D eigenvalue weighted by Gasteiger charge is 2.18. The smallest absolute Gasteiger partial charge is 0.339 e. The maximum atomic E-state index is 13.3. The van der Waals surface area contributed by atoms with Crippen molar-refractivity contribution in [2.75, 3.05) is 19.5 Å². The van der Waals surface area contributed by atoms with Crippen molar-refractivity contribution in [3.8, 4) is 5.75 Å². The normalized spacial score (nSPS) is 10.8. The molecule has 0 unspecified atom stereocenters. The number of anilines is 1. The second kappa shape index (κ2) is 9.75. The summed E-state index contributed by atoms with van der Waals surface area (Å²) in [6.45, 7) is -0.324. The number of benzene rings is 2. The summed E-state index contributed by atoms with van der Waals surface area (Å²) < 4.78 is 12.7. The Morgan fingerprint density at radius 3 is 2.56 bits per heavy atom. The maximum absolute atomic E-state index is 13.3. The zero-order valence-corrected chi connectivity index (χ0v) is 19.3. The van der Waals surface area contributed by atoms with E-state index in [1.165, 1.54) is 36.2 Å². The van der Waals surface area contributed by atoms with Gasteiger partial charge >= 0.3 is 11.7 Å². The number of hydrogen-bond donors (Lipinski definition) is 1. The Labute approximate surface area is 197 Å². The van der Waals surface area contributed by atoms with E-state index >= 15 is 0 Å². The molecule has 2 heterocycles. The number of para-hydroxylation sites is 1. The third-order valence-electron chi connectivity index (χ3n) is 5.22. The van der Waals surface area contributed by atoms with E-state index in [1.807, 2.05) is 0 Å². The highest BCUT2D eigenvalue weighted by Crippen LogP contribution is 2.18. The lowest BCUT2D eigenvalue weighted by atomic mass is 10.2. The van der Waals surface area contributed by atoms with Gasteiger partial charge in [-0.1, -0.05) is 24.3 Å². The van der Waals surface area contributed by atoms with E-state index in [2.05, 4.69) is 5.32 Å². The Morgan fingerprint density at radius 1 is 1.00 bits per heavy atom. The van der Waals surface area contributed by atoms with E-state index in [1.54, 1.807) is 53.9 Å². The van der Waals surface area contributed by atoms with Crippen LogP contribution in [0, 0.1) is 0 Å². The lowest BCUT2D eigenvalue weighted by Crippen LogP contribution is -2.41. The second-order valence-corrected chi connectivity index (χ2v) is 8.25. The van der Waals surface area contributed by atoms with Crippen molar-refractivity contribution in [3.63, 3.8) is 0 Å². The Morgan fingerprint density at radius 2 is 1.79 bits per heavy atom. The standard InChI is InChI=1S/C24H21N3O6S/c1-32-16-7-5-6-15(12-16)13-27-22(29)21-19(10-11-34-21)26(24(27)31)14-20(28)25-18-9-4-3-8-17(18)23(30)33-2/h3-12H,13-14H2,1-2H3,(H,25,28). The highest BCUT2D eigenvalue weighted by atomic mass is 32.1. The Kier molecular flexibility index (Phi) is 6.60. The number of ether oxygens (including phenoxy) is 2. The minimum absolute atomic E-state index is 0.0233. The van der Waals surface area contributed by atoms with Crippen LogP contribution in [0.15, 0.2) is 69.6 Å². The summed E-state index contributed by atoms with van der Waals surface area (Å²) in [7, 11) is 2.78. The average Bonchev–Trinajstić information content (AvgIpc) is 3.34. The number of aromatic nitrogens is 2. The predicted molar refractivity (Wildman–Crippen MR) is 129 cm³/mol. The van der Waals surface area contributed by atoms with Crippen molar-refractivity contribution in [2.45, 2.75) is 13.1 Å². The van der Waals surface area contributed by atoms with Gasteiger partial charge in [-0.3, -0.25) is 18.7 Å². The molecule has 1 amide bonds. The van der Waals surface area contributed by atoms with Crippen LogP contribution in [0.5, 0.6) is 5.75 Å². The number of amides is 1. The first-order valence-electron chi connectivity index (χ1n) is 10.2. The highest BCUT2D eigenvalue weighted by molar-refractivity contribution is 7.17. The molecular formula is C24H21N3O6S. The lowest BCUT2D eigenvalue weighted by Gasteiger charge is -2.14. The van der Waals surface area contributed by atoms with Gasteiger partial charge < -0.3 is 14.8 Å². The molecule has 4 aromatic rings. The Balaban J connectivity index is 1.70. The van der Waals surface area contributed by atoms with Gasteiger partial charge in [0.25, 0.3) is 5.56 Å². The van der Waals surface area contributed by atoms with Crippen LogP contribution in [0.4, 0.5) is 5.69 Å². The van der Waals surface area contributed by atoms with Crippen LogP contribution in [0.25, 0.3) is 10.2 Å². The molecule has 0 bridgehead atoms. The maximum Gasteiger partial charge on any atom is 0.339 e. The summed E-state index contributed by atoms with van der Waals surface area (Å²) in [6, 6.07) is 15.1. The van der Waals surface area contributed by atoms with Crippen LogP contribution < -0.4 is 21.3 Å². The van der Waals surface area contributed by atoms with Gasteiger partial charge in [0.15, 0.2) is 0 Å². The molecule has 0 fully saturated rings. The van der Waals surface area contributed by atoms with Gasteiger partial charge in [-0.2, -0.15) is 0 Å². The fraction of sp³-hybridized carbons (Fsp3) is 0.167. The van der Waals surface area contributed by atoms with E-state index in [4.69, 9.17) is 9.47 Å². The molecule has 10 heteroatoms. The van der Waals surface area contributed by atoms with E-state index in [-0.39, 0.29) is 24.3 Å². The molecule has 174 valence electrons. The van der Waals surface area contributed by atoms with E-state index < -0.39 is 23.1 Å². The van der Waals surface area contributed by atoms with Crippen LogP contribution in [0.3, 0.4) is 0 Å². The van der Waals surface area contributed by atoms with Crippen molar-refractivity contribution in [3.05, 3.63) is 91.9 Å². The summed E-state index contributed by atoms with van der Waals surface area (Å²) in [4.78, 5) is 51.2. The summed E-state index contributed by atoms with van der Waals surface area (Å²) in [5.41, 5.74) is 0.490. The Bertz CT molecular complexity index is 1500. The lowest BCUT2D eigenvalue weighted by molar-refractivity contribution is -0.116. The molecule has 0 radical (unpaired) electrons. The SMILES string of the molecule is COC(=O)c1ccccc1NC(=O)Cn1c(=O)n(Cc2cccc(OC)c2)c(=O)c2sccc21. The van der Waals surface area contributed by atoms with Gasteiger partial charge in [0.1, 0.15) is 17.0 Å². The monoisotopic (exact) mass is 479 g/mol. The second-order valence-electron chi connectivity index (χ2n) is 7.33. The zero-order valence-electron chi connectivity index (χ0n) is 18.4. The first-order valence-corrected chi connectivity index (χ1v) is 11.1. The van der Waals surface area contributed by atoms with Crippen molar-refractivity contribution in [1.82, 2.24) is 9.13 Å². The van der Waals surface area contributed by atoms with Crippen molar-refractivity contribution in [2.24, 2.45) is 0 Å². The molecule has 1 N–H and O–H groups in total.